The molecule has 3 N–H and O–H groups in total. The van der Waals surface area contributed by atoms with Gasteiger partial charge in [0.25, 0.3) is 5.91 Å². The van der Waals surface area contributed by atoms with Crippen LogP contribution in [0.1, 0.15) is 60.4 Å². The molecular weight excluding hydrogens is 254 g/mol. The van der Waals surface area contributed by atoms with Gasteiger partial charge >= 0.3 is 0 Å². The Hall–Kier alpha value is -2.11. The number of amides is 1. The second-order valence-corrected chi connectivity index (χ2v) is 4.91. The predicted octanol–water partition coefficient (Wildman–Crippen LogP) is 2.27. The Morgan fingerprint density at radius 3 is 2.85 bits per heavy atom. The molecular formula is C14H21N5O. The number of imidazole rings is 1. The zero-order valence-corrected chi connectivity index (χ0v) is 12.2. The van der Waals surface area contributed by atoms with E-state index in [4.69, 9.17) is 0 Å². The molecule has 20 heavy (non-hydrogen) atoms. The van der Waals surface area contributed by atoms with Crippen molar-refractivity contribution in [1.82, 2.24) is 25.5 Å². The van der Waals surface area contributed by atoms with Crippen molar-refractivity contribution in [2.24, 2.45) is 0 Å². The molecule has 2 rings (SSSR count). The quantitative estimate of drug-likeness (QED) is 0.756. The van der Waals surface area contributed by atoms with Crippen molar-refractivity contribution >= 4 is 5.91 Å². The summed E-state index contributed by atoms with van der Waals surface area (Å²) in [6, 6.07) is 1.68. The molecule has 2 heterocycles. The molecule has 1 amide bonds. The summed E-state index contributed by atoms with van der Waals surface area (Å²) in [6.45, 7) is 6.04. The fourth-order valence-electron chi connectivity index (χ4n) is 2.08. The van der Waals surface area contributed by atoms with Crippen molar-refractivity contribution in [3.8, 4) is 0 Å². The molecule has 0 saturated heterocycles. The first-order chi connectivity index (χ1) is 9.63. The minimum Gasteiger partial charge on any atom is -0.344 e. The van der Waals surface area contributed by atoms with Gasteiger partial charge in [-0.2, -0.15) is 5.10 Å². The summed E-state index contributed by atoms with van der Waals surface area (Å²) >= 11 is 0. The summed E-state index contributed by atoms with van der Waals surface area (Å²) in [7, 11) is 0. The standard InChI is InChI=1S/C14H21N5O/c1-4-6-10-7-12(19-18-10)14(20)17-11(5-2)13-15-8-9(3)16-13/h7-8,11H,4-6H2,1-3H3,(H,15,16)(H,17,20)(H,18,19). The highest BCUT2D eigenvalue weighted by Crippen LogP contribution is 2.14. The second-order valence-electron chi connectivity index (χ2n) is 4.91. The van der Waals surface area contributed by atoms with Gasteiger partial charge in [0.1, 0.15) is 11.5 Å². The number of nitrogens with zero attached hydrogens (tertiary/aromatic N) is 2. The number of H-pyrrole nitrogens is 2. The Kier molecular flexibility index (Phi) is 4.55. The highest BCUT2D eigenvalue weighted by molar-refractivity contribution is 5.92. The summed E-state index contributed by atoms with van der Waals surface area (Å²) in [5.74, 6) is 0.604. The minimum atomic E-state index is -0.176. The van der Waals surface area contributed by atoms with Crippen LogP contribution >= 0.6 is 0 Å². The SMILES string of the molecule is CCCc1cc(C(=O)NC(CC)c2ncc(C)[nH]2)n[nH]1. The van der Waals surface area contributed by atoms with E-state index in [-0.39, 0.29) is 11.9 Å². The van der Waals surface area contributed by atoms with Gasteiger partial charge in [0.15, 0.2) is 0 Å². The van der Waals surface area contributed by atoms with E-state index in [1.54, 1.807) is 12.3 Å². The third-order valence-corrected chi connectivity index (χ3v) is 3.15. The van der Waals surface area contributed by atoms with E-state index < -0.39 is 0 Å². The largest absolute Gasteiger partial charge is 0.344 e. The van der Waals surface area contributed by atoms with Crippen molar-refractivity contribution in [3.63, 3.8) is 0 Å². The van der Waals surface area contributed by atoms with Crippen LogP contribution in [0.2, 0.25) is 0 Å². The predicted molar refractivity (Wildman–Crippen MR) is 76.4 cm³/mol. The summed E-state index contributed by atoms with van der Waals surface area (Å²) in [4.78, 5) is 19.6. The summed E-state index contributed by atoms with van der Waals surface area (Å²) in [5.41, 5.74) is 2.40. The van der Waals surface area contributed by atoms with E-state index in [0.717, 1.165) is 36.5 Å². The van der Waals surface area contributed by atoms with Crippen LogP contribution < -0.4 is 5.32 Å². The van der Waals surface area contributed by atoms with Gasteiger partial charge in [-0.25, -0.2) is 4.98 Å². The van der Waals surface area contributed by atoms with Crippen LogP contribution in [0.3, 0.4) is 0 Å². The number of aryl methyl sites for hydroxylation is 2. The van der Waals surface area contributed by atoms with Gasteiger partial charge in [-0.15, -0.1) is 0 Å². The molecule has 2 aromatic heterocycles. The molecule has 0 spiro atoms. The number of hydrogen-bond donors (Lipinski definition) is 3. The van der Waals surface area contributed by atoms with Crippen LogP contribution in [0.25, 0.3) is 0 Å². The molecule has 6 nitrogen and oxygen atoms in total. The van der Waals surface area contributed by atoms with Crippen LogP contribution in [0.15, 0.2) is 12.3 Å². The Morgan fingerprint density at radius 2 is 2.25 bits per heavy atom. The zero-order valence-electron chi connectivity index (χ0n) is 12.2. The van der Waals surface area contributed by atoms with Crippen LogP contribution in [0, 0.1) is 6.92 Å². The Balaban J connectivity index is 2.04. The van der Waals surface area contributed by atoms with Crippen molar-refractivity contribution in [2.75, 3.05) is 0 Å². The van der Waals surface area contributed by atoms with Gasteiger partial charge in [0, 0.05) is 17.6 Å². The average Bonchev–Trinajstić information content (AvgIpc) is 3.05. The lowest BCUT2D eigenvalue weighted by atomic mass is 10.2. The summed E-state index contributed by atoms with van der Waals surface area (Å²) in [5, 5.41) is 9.89. The second kappa shape index (κ2) is 6.36. The molecule has 108 valence electrons. The molecule has 1 unspecified atom stereocenters. The Labute approximate surface area is 118 Å². The summed E-state index contributed by atoms with van der Waals surface area (Å²) in [6.07, 6.45) is 4.45. The minimum absolute atomic E-state index is 0.123. The van der Waals surface area contributed by atoms with Gasteiger partial charge in [0.05, 0.1) is 6.04 Å². The van der Waals surface area contributed by atoms with E-state index in [1.165, 1.54) is 0 Å². The van der Waals surface area contributed by atoms with E-state index in [1.807, 2.05) is 13.8 Å². The lowest BCUT2D eigenvalue weighted by Gasteiger charge is -2.13. The highest BCUT2D eigenvalue weighted by Gasteiger charge is 2.18. The maximum atomic E-state index is 12.2. The zero-order chi connectivity index (χ0) is 14.5. The number of aromatic nitrogens is 4. The molecule has 0 aliphatic heterocycles. The van der Waals surface area contributed by atoms with Crippen LogP contribution in [-0.4, -0.2) is 26.1 Å². The maximum absolute atomic E-state index is 12.2. The smallest absolute Gasteiger partial charge is 0.272 e. The van der Waals surface area contributed by atoms with Gasteiger partial charge in [-0.3, -0.25) is 9.89 Å². The molecule has 0 aliphatic rings. The molecule has 0 radical (unpaired) electrons. The first-order valence-corrected chi connectivity index (χ1v) is 7.00. The number of rotatable bonds is 6. The number of carbonyl (C=O) groups is 1. The third-order valence-electron chi connectivity index (χ3n) is 3.15. The van der Waals surface area contributed by atoms with E-state index in [9.17, 15) is 4.79 Å². The van der Waals surface area contributed by atoms with Crippen LogP contribution in [0.5, 0.6) is 0 Å². The van der Waals surface area contributed by atoms with Gasteiger partial charge in [-0.1, -0.05) is 20.3 Å². The molecule has 0 bridgehead atoms. The first-order valence-electron chi connectivity index (χ1n) is 7.00. The highest BCUT2D eigenvalue weighted by atomic mass is 16.2. The van der Waals surface area contributed by atoms with Gasteiger partial charge in [-0.05, 0) is 25.8 Å². The molecule has 0 aliphatic carbocycles. The number of carbonyl (C=O) groups excluding carboxylic acids is 1. The van der Waals surface area contributed by atoms with E-state index in [0.29, 0.717) is 5.69 Å². The van der Waals surface area contributed by atoms with Crippen LogP contribution in [0.4, 0.5) is 0 Å². The molecule has 0 fully saturated rings. The average molecular weight is 275 g/mol. The third kappa shape index (κ3) is 3.26. The van der Waals surface area contributed by atoms with Crippen molar-refractivity contribution in [1.29, 1.82) is 0 Å². The summed E-state index contributed by atoms with van der Waals surface area (Å²) < 4.78 is 0. The molecule has 2 aromatic rings. The Morgan fingerprint density at radius 1 is 1.45 bits per heavy atom. The number of aromatic amines is 2. The molecule has 0 saturated carbocycles. The lowest BCUT2D eigenvalue weighted by Crippen LogP contribution is -2.29. The fraction of sp³-hybridized carbons (Fsp3) is 0.500. The molecule has 0 aromatic carbocycles. The van der Waals surface area contributed by atoms with Crippen molar-refractivity contribution in [2.45, 2.75) is 46.1 Å². The van der Waals surface area contributed by atoms with E-state index in [2.05, 4.69) is 32.4 Å². The van der Waals surface area contributed by atoms with Crippen molar-refractivity contribution in [3.05, 3.63) is 35.2 Å². The van der Waals surface area contributed by atoms with E-state index >= 15 is 0 Å². The van der Waals surface area contributed by atoms with Crippen molar-refractivity contribution < 1.29 is 4.79 Å². The topological polar surface area (TPSA) is 86.5 Å². The number of hydrogen-bond acceptors (Lipinski definition) is 3. The monoisotopic (exact) mass is 275 g/mol. The fourth-order valence-corrected chi connectivity index (χ4v) is 2.08. The van der Waals surface area contributed by atoms with Crippen LogP contribution in [-0.2, 0) is 6.42 Å². The van der Waals surface area contributed by atoms with Gasteiger partial charge < -0.3 is 10.3 Å². The first kappa shape index (κ1) is 14.3. The molecule has 1 atom stereocenters. The molecule has 6 heteroatoms. The maximum Gasteiger partial charge on any atom is 0.272 e. The Bertz CT molecular complexity index is 572. The normalized spacial score (nSPS) is 12.3. The lowest BCUT2D eigenvalue weighted by molar-refractivity contribution is 0.0928. The van der Waals surface area contributed by atoms with Gasteiger partial charge in [0.2, 0.25) is 0 Å². The number of nitrogens with one attached hydrogen (secondary N) is 3.